The van der Waals surface area contributed by atoms with Crippen LogP contribution in [0.15, 0.2) is 48.5 Å². The van der Waals surface area contributed by atoms with Crippen LogP contribution in [-0.4, -0.2) is 36.4 Å². The van der Waals surface area contributed by atoms with Crippen molar-refractivity contribution >= 4 is 6.29 Å². The second-order valence-corrected chi connectivity index (χ2v) is 7.57. The predicted octanol–water partition coefficient (Wildman–Crippen LogP) is 4.12. The molecule has 1 unspecified atom stereocenters. The van der Waals surface area contributed by atoms with Gasteiger partial charge in [-0.2, -0.15) is 0 Å². The van der Waals surface area contributed by atoms with Crippen LogP contribution in [0.25, 0.3) is 0 Å². The molecule has 4 atom stereocenters. The van der Waals surface area contributed by atoms with Crippen LogP contribution < -0.4 is 0 Å². The van der Waals surface area contributed by atoms with E-state index < -0.39 is 6.10 Å². The fraction of sp³-hybridized carbons (Fsp3) is 0.409. The van der Waals surface area contributed by atoms with Gasteiger partial charge < -0.3 is 9.53 Å². The Morgan fingerprint density at radius 1 is 1.00 bits per heavy atom. The molecule has 0 aliphatic carbocycles. The van der Waals surface area contributed by atoms with Crippen LogP contribution in [0.3, 0.4) is 0 Å². The van der Waals surface area contributed by atoms with Gasteiger partial charge in [-0.3, -0.25) is 4.90 Å². The average molecular weight is 371 g/mol. The third kappa shape index (κ3) is 3.54. The Balaban J connectivity index is 1.65. The maximum Gasteiger partial charge on any atom is 0.127 e. The molecule has 2 aliphatic heterocycles. The summed E-state index contributed by atoms with van der Waals surface area (Å²) < 4.78 is 33.3. The Hall–Kier alpha value is -2.11. The molecule has 142 valence electrons. The quantitative estimate of drug-likeness (QED) is 0.741. The molecule has 5 heteroatoms. The van der Waals surface area contributed by atoms with Gasteiger partial charge in [0.15, 0.2) is 0 Å². The average Bonchev–Trinajstić information content (AvgIpc) is 2.92. The summed E-state index contributed by atoms with van der Waals surface area (Å²) >= 11 is 0. The molecule has 0 radical (unpaired) electrons. The molecule has 0 amide bonds. The summed E-state index contributed by atoms with van der Waals surface area (Å²) in [5.41, 5.74) is 1.58. The molecule has 2 heterocycles. The van der Waals surface area contributed by atoms with Crippen LogP contribution in [0.5, 0.6) is 0 Å². The Bertz CT molecular complexity index is 747. The lowest BCUT2D eigenvalue weighted by Crippen LogP contribution is -2.50. The first-order valence-corrected chi connectivity index (χ1v) is 9.40. The Morgan fingerprint density at radius 2 is 1.56 bits per heavy atom. The minimum absolute atomic E-state index is 0.197. The largest absolute Gasteiger partial charge is 0.365 e. The van der Waals surface area contributed by atoms with Gasteiger partial charge >= 0.3 is 0 Å². The zero-order chi connectivity index (χ0) is 19.0. The minimum Gasteiger partial charge on any atom is -0.365 e. The Labute approximate surface area is 157 Å². The molecule has 27 heavy (non-hydrogen) atoms. The highest BCUT2D eigenvalue weighted by molar-refractivity contribution is 5.56. The van der Waals surface area contributed by atoms with Crippen LogP contribution in [0.1, 0.15) is 36.5 Å². The van der Waals surface area contributed by atoms with E-state index in [1.807, 2.05) is 0 Å². The Kier molecular flexibility index (Phi) is 5.06. The smallest absolute Gasteiger partial charge is 0.127 e. The van der Waals surface area contributed by atoms with Crippen molar-refractivity contribution in [2.75, 3.05) is 7.05 Å². The van der Waals surface area contributed by atoms with Gasteiger partial charge in [-0.15, -0.1) is 0 Å². The van der Waals surface area contributed by atoms with E-state index in [4.69, 9.17) is 4.74 Å². The first-order valence-electron chi connectivity index (χ1n) is 9.40. The molecular weight excluding hydrogens is 348 g/mol. The number of rotatable bonds is 5. The molecule has 2 aliphatic rings. The third-order valence-electron chi connectivity index (χ3n) is 6.09. The van der Waals surface area contributed by atoms with Crippen LogP contribution in [0.4, 0.5) is 8.78 Å². The summed E-state index contributed by atoms with van der Waals surface area (Å²) in [5, 5.41) is 0. The number of fused-ring (bicyclic) bond motifs is 2. The van der Waals surface area contributed by atoms with Crippen LogP contribution >= 0.6 is 0 Å². The van der Waals surface area contributed by atoms with E-state index in [0.717, 1.165) is 36.7 Å². The van der Waals surface area contributed by atoms with Crippen LogP contribution in [-0.2, 0) is 9.53 Å². The molecule has 2 aromatic rings. The van der Waals surface area contributed by atoms with Crippen LogP contribution in [0, 0.1) is 17.6 Å². The number of benzene rings is 2. The number of carbonyl (C=O) groups is 1. The number of hydrogen-bond acceptors (Lipinski definition) is 3. The van der Waals surface area contributed by atoms with E-state index in [0.29, 0.717) is 6.04 Å². The summed E-state index contributed by atoms with van der Waals surface area (Å²) in [6, 6.07) is 12.9. The molecular formula is C22H23F2NO2. The maximum atomic E-state index is 13.4. The fourth-order valence-corrected chi connectivity index (χ4v) is 4.59. The summed E-state index contributed by atoms with van der Waals surface area (Å²) in [5.74, 6) is -0.837. The predicted molar refractivity (Wildman–Crippen MR) is 98.3 cm³/mol. The van der Waals surface area contributed by atoms with E-state index in [-0.39, 0.29) is 29.7 Å². The normalized spacial score (nSPS) is 27.9. The number of ether oxygens (including phenoxy) is 1. The van der Waals surface area contributed by atoms with Gasteiger partial charge in [-0.05, 0) is 61.7 Å². The highest BCUT2D eigenvalue weighted by Gasteiger charge is 2.46. The van der Waals surface area contributed by atoms with Crippen LogP contribution in [0.2, 0.25) is 0 Å². The lowest BCUT2D eigenvalue weighted by Gasteiger charge is -2.41. The molecule has 2 fully saturated rings. The third-order valence-corrected chi connectivity index (χ3v) is 6.09. The van der Waals surface area contributed by atoms with Crippen molar-refractivity contribution in [1.29, 1.82) is 0 Å². The van der Waals surface area contributed by atoms with Crippen molar-refractivity contribution in [3.63, 3.8) is 0 Å². The molecule has 2 saturated heterocycles. The van der Waals surface area contributed by atoms with E-state index in [1.54, 1.807) is 24.3 Å². The van der Waals surface area contributed by atoms with Gasteiger partial charge in [0.05, 0.1) is 12.0 Å². The molecule has 0 aromatic heterocycles. The number of piperidine rings is 1. The van der Waals surface area contributed by atoms with Crippen molar-refractivity contribution in [2.24, 2.45) is 5.92 Å². The first kappa shape index (κ1) is 18.3. The SMILES string of the molecule is CN1C2CC[C@H]1[C@@H](C=O)[C@H](OC(c1ccc(F)cc1)c1ccc(F)cc1)C2. The molecule has 0 N–H and O–H groups in total. The number of nitrogens with zero attached hydrogens (tertiary/aromatic N) is 1. The number of aldehydes is 1. The van der Waals surface area contributed by atoms with Gasteiger partial charge in [0.1, 0.15) is 24.0 Å². The fourth-order valence-electron chi connectivity index (χ4n) is 4.59. The van der Waals surface area contributed by atoms with E-state index in [1.165, 1.54) is 24.3 Å². The van der Waals surface area contributed by atoms with E-state index in [9.17, 15) is 13.6 Å². The second-order valence-electron chi connectivity index (χ2n) is 7.57. The van der Waals surface area contributed by atoms with E-state index >= 15 is 0 Å². The molecule has 0 saturated carbocycles. The minimum atomic E-state index is -0.471. The van der Waals surface area contributed by atoms with Crippen molar-refractivity contribution in [3.8, 4) is 0 Å². The standard InChI is InChI=1S/C22H23F2NO2/c1-25-18-10-11-20(25)19(13-26)21(12-18)27-22(14-2-6-16(23)7-3-14)15-4-8-17(24)9-5-15/h2-9,13,18-22H,10-12H2,1H3/t18?,19-,20+,21-/m1/s1. The zero-order valence-electron chi connectivity index (χ0n) is 15.2. The van der Waals surface area contributed by atoms with Gasteiger partial charge in [-0.1, -0.05) is 24.3 Å². The highest BCUT2D eigenvalue weighted by atomic mass is 19.1. The van der Waals surface area contributed by atoms with Crippen molar-refractivity contribution in [1.82, 2.24) is 4.90 Å². The number of halogens is 2. The lowest BCUT2D eigenvalue weighted by atomic mass is 9.88. The second kappa shape index (κ2) is 7.49. The monoisotopic (exact) mass is 371 g/mol. The summed E-state index contributed by atoms with van der Waals surface area (Å²) in [4.78, 5) is 14.1. The van der Waals surface area contributed by atoms with Gasteiger partial charge in [0, 0.05) is 12.1 Å². The molecule has 4 rings (SSSR count). The summed E-state index contributed by atoms with van der Waals surface area (Å²) in [6.07, 6.45) is 3.19. The van der Waals surface area contributed by atoms with E-state index in [2.05, 4.69) is 11.9 Å². The van der Waals surface area contributed by atoms with Crippen molar-refractivity contribution in [2.45, 2.75) is 43.6 Å². The summed E-state index contributed by atoms with van der Waals surface area (Å²) in [6.45, 7) is 0. The van der Waals surface area contributed by atoms with Gasteiger partial charge in [0.25, 0.3) is 0 Å². The topological polar surface area (TPSA) is 29.5 Å². The zero-order valence-corrected chi connectivity index (χ0v) is 15.2. The number of hydrogen-bond donors (Lipinski definition) is 0. The molecule has 2 bridgehead atoms. The van der Waals surface area contributed by atoms with Gasteiger partial charge in [-0.25, -0.2) is 8.78 Å². The maximum absolute atomic E-state index is 13.4. The number of carbonyl (C=O) groups excluding carboxylic acids is 1. The van der Waals surface area contributed by atoms with Crippen molar-refractivity contribution in [3.05, 3.63) is 71.3 Å². The first-order chi connectivity index (χ1) is 13.1. The Morgan fingerprint density at radius 3 is 2.07 bits per heavy atom. The highest BCUT2D eigenvalue weighted by Crippen LogP contribution is 2.41. The molecule has 3 nitrogen and oxygen atoms in total. The van der Waals surface area contributed by atoms with Crippen molar-refractivity contribution < 1.29 is 18.3 Å². The molecule has 0 spiro atoms. The molecule has 2 aromatic carbocycles. The van der Waals surface area contributed by atoms with Gasteiger partial charge in [0.2, 0.25) is 0 Å². The lowest BCUT2D eigenvalue weighted by molar-refractivity contribution is -0.127. The summed E-state index contributed by atoms with van der Waals surface area (Å²) in [7, 11) is 2.08.